The van der Waals surface area contributed by atoms with Gasteiger partial charge in [0.1, 0.15) is 0 Å². The third kappa shape index (κ3) is 13.9. The van der Waals surface area contributed by atoms with Crippen LogP contribution in [0.2, 0.25) is 0 Å². The molecule has 216 valence electrons. The number of benzene rings is 1. The Bertz CT molecular complexity index is 707. The summed E-state index contributed by atoms with van der Waals surface area (Å²) in [7, 11) is 0. The number of nitrogens with zero attached hydrogens (tertiary/aromatic N) is 4. The molecule has 0 aromatic heterocycles. The Kier molecular flexibility index (Phi) is 16.5. The van der Waals surface area contributed by atoms with E-state index in [1.165, 1.54) is 24.0 Å². The molecular formula is C28H53N9O. The predicted molar refractivity (Wildman–Crippen MR) is 157 cm³/mol. The minimum Gasteiger partial charge on any atom is -0.315 e. The molecule has 0 amide bonds. The summed E-state index contributed by atoms with van der Waals surface area (Å²) in [6, 6.07) is 9.18. The van der Waals surface area contributed by atoms with E-state index in [9.17, 15) is 4.91 Å². The summed E-state index contributed by atoms with van der Waals surface area (Å²) in [5.41, 5.74) is 2.71. The molecule has 10 nitrogen and oxygen atoms in total. The molecule has 0 unspecified atom stereocenters. The molecule has 38 heavy (non-hydrogen) atoms. The fourth-order valence-corrected chi connectivity index (χ4v) is 5.05. The lowest BCUT2D eigenvalue weighted by Crippen LogP contribution is -2.37. The van der Waals surface area contributed by atoms with Crippen molar-refractivity contribution >= 4 is 0 Å². The summed E-state index contributed by atoms with van der Waals surface area (Å²) in [5.74, 6) is 0. The zero-order chi connectivity index (χ0) is 26.5. The molecule has 3 rings (SSSR count). The van der Waals surface area contributed by atoms with E-state index >= 15 is 0 Å². The zero-order valence-electron chi connectivity index (χ0n) is 23.6. The van der Waals surface area contributed by atoms with Gasteiger partial charge in [-0.1, -0.05) is 24.3 Å². The van der Waals surface area contributed by atoms with Gasteiger partial charge in [0.2, 0.25) is 0 Å². The van der Waals surface area contributed by atoms with E-state index in [2.05, 4.69) is 65.9 Å². The van der Waals surface area contributed by atoms with Crippen LogP contribution in [0.3, 0.4) is 0 Å². The Morgan fingerprint density at radius 3 is 1.47 bits per heavy atom. The van der Waals surface area contributed by atoms with Gasteiger partial charge in [0.05, 0.1) is 11.8 Å². The second kappa shape index (κ2) is 20.3. The van der Waals surface area contributed by atoms with E-state index in [4.69, 9.17) is 0 Å². The van der Waals surface area contributed by atoms with E-state index < -0.39 is 0 Å². The van der Waals surface area contributed by atoms with Crippen molar-refractivity contribution < 1.29 is 0 Å². The minimum atomic E-state index is 0.684. The lowest BCUT2D eigenvalue weighted by Gasteiger charge is -2.26. The molecule has 0 spiro atoms. The largest absolute Gasteiger partial charge is 0.315 e. The van der Waals surface area contributed by atoms with Crippen molar-refractivity contribution in [3.63, 3.8) is 0 Å². The lowest BCUT2D eigenvalue weighted by molar-refractivity contribution is 0.196. The summed E-state index contributed by atoms with van der Waals surface area (Å²) in [4.78, 5) is 16.4. The lowest BCUT2D eigenvalue weighted by atomic mass is 10.1. The van der Waals surface area contributed by atoms with Gasteiger partial charge in [-0.15, -0.1) is 4.91 Å². The van der Waals surface area contributed by atoms with Crippen LogP contribution in [0.25, 0.3) is 0 Å². The highest BCUT2D eigenvalue weighted by Crippen LogP contribution is 2.11. The van der Waals surface area contributed by atoms with E-state index in [1.807, 2.05) is 0 Å². The summed E-state index contributed by atoms with van der Waals surface area (Å²) in [6.07, 6.45) is 4.39. The SMILES string of the molecule is O=NN1CCCNCCNCCCN(Cc2ccc(CN3CCCNCCNCCCNCC3)cc2)CC1. The van der Waals surface area contributed by atoms with Crippen molar-refractivity contribution in [2.45, 2.75) is 38.8 Å². The molecule has 2 aliphatic heterocycles. The molecule has 10 heteroatoms. The van der Waals surface area contributed by atoms with Crippen molar-refractivity contribution in [2.24, 2.45) is 5.29 Å². The second-order valence-corrected chi connectivity index (χ2v) is 10.6. The highest BCUT2D eigenvalue weighted by Gasteiger charge is 2.12. The first-order chi connectivity index (χ1) is 18.8. The van der Waals surface area contributed by atoms with Crippen molar-refractivity contribution in [3.8, 4) is 0 Å². The van der Waals surface area contributed by atoms with Gasteiger partial charge in [0.15, 0.2) is 0 Å². The highest BCUT2D eigenvalue weighted by atomic mass is 16.3. The molecular weight excluding hydrogens is 478 g/mol. The van der Waals surface area contributed by atoms with Crippen LogP contribution in [0.1, 0.15) is 36.8 Å². The molecule has 0 bridgehead atoms. The molecule has 2 heterocycles. The highest BCUT2D eigenvalue weighted by molar-refractivity contribution is 5.22. The Morgan fingerprint density at radius 1 is 0.500 bits per heavy atom. The van der Waals surface area contributed by atoms with Crippen LogP contribution >= 0.6 is 0 Å². The number of hydrogen-bond donors (Lipinski definition) is 5. The molecule has 2 saturated heterocycles. The van der Waals surface area contributed by atoms with Crippen LogP contribution < -0.4 is 26.6 Å². The average Bonchev–Trinajstić information content (AvgIpc) is 2.93. The second-order valence-electron chi connectivity index (χ2n) is 10.6. The standard InChI is InChI=1S/C28H53N9O/c38-34-37-21-4-13-32-17-16-31-12-3-20-36(23-24-37)26-28-7-5-27(6-8-28)25-35-19-2-11-30-15-14-29-9-1-10-33-18-22-35/h5-8,29-33H,1-4,9-26H2. The van der Waals surface area contributed by atoms with E-state index in [-0.39, 0.29) is 0 Å². The van der Waals surface area contributed by atoms with Gasteiger partial charge >= 0.3 is 0 Å². The van der Waals surface area contributed by atoms with Gasteiger partial charge in [0, 0.05) is 65.4 Å². The number of nitrogens with one attached hydrogen (secondary N) is 5. The quantitative estimate of drug-likeness (QED) is 0.354. The Morgan fingerprint density at radius 2 is 0.947 bits per heavy atom. The summed E-state index contributed by atoms with van der Waals surface area (Å²) < 4.78 is 0. The molecule has 0 atom stereocenters. The van der Waals surface area contributed by atoms with Crippen LogP contribution in [-0.2, 0) is 13.1 Å². The third-order valence-corrected chi connectivity index (χ3v) is 7.32. The van der Waals surface area contributed by atoms with Crippen LogP contribution in [0.4, 0.5) is 0 Å². The van der Waals surface area contributed by atoms with Crippen molar-refractivity contribution in [2.75, 3.05) is 105 Å². The van der Waals surface area contributed by atoms with Gasteiger partial charge in [-0.25, -0.2) is 0 Å². The first-order valence-electron chi connectivity index (χ1n) is 15.0. The molecule has 0 aliphatic carbocycles. The van der Waals surface area contributed by atoms with E-state index in [0.717, 1.165) is 118 Å². The first-order valence-corrected chi connectivity index (χ1v) is 15.0. The maximum Gasteiger partial charge on any atom is 0.0524 e. The maximum atomic E-state index is 11.3. The number of nitroso groups, excluding NO2 is 1. The van der Waals surface area contributed by atoms with Crippen LogP contribution in [0.15, 0.2) is 29.6 Å². The Labute approximate surface area is 230 Å². The summed E-state index contributed by atoms with van der Waals surface area (Å²) in [6.45, 7) is 17.6. The summed E-state index contributed by atoms with van der Waals surface area (Å²) in [5, 5.41) is 22.6. The summed E-state index contributed by atoms with van der Waals surface area (Å²) >= 11 is 0. The number of hydrogen-bond acceptors (Lipinski definition) is 9. The fraction of sp³-hybridized carbons (Fsp3) is 0.786. The van der Waals surface area contributed by atoms with Gasteiger partial charge in [-0.3, -0.25) is 14.8 Å². The number of rotatable bonds is 5. The van der Waals surface area contributed by atoms with Gasteiger partial charge < -0.3 is 26.6 Å². The van der Waals surface area contributed by atoms with Gasteiger partial charge in [-0.05, 0) is 82.6 Å². The van der Waals surface area contributed by atoms with Gasteiger partial charge in [-0.2, -0.15) is 0 Å². The molecule has 2 aliphatic rings. The third-order valence-electron chi connectivity index (χ3n) is 7.32. The van der Waals surface area contributed by atoms with Crippen LogP contribution in [0.5, 0.6) is 0 Å². The normalized spacial score (nSPS) is 22.3. The van der Waals surface area contributed by atoms with Crippen molar-refractivity contribution in [1.29, 1.82) is 0 Å². The van der Waals surface area contributed by atoms with Crippen molar-refractivity contribution in [1.82, 2.24) is 41.4 Å². The van der Waals surface area contributed by atoms with Gasteiger partial charge in [0.25, 0.3) is 0 Å². The minimum absolute atomic E-state index is 0.684. The van der Waals surface area contributed by atoms with Crippen LogP contribution in [-0.4, -0.2) is 120 Å². The van der Waals surface area contributed by atoms with E-state index in [1.54, 1.807) is 5.01 Å². The predicted octanol–water partition coefficient (Wildman–Crippen LogP) is 0.810. The molecule has 0 radical (unpaired) electrons. The maximum absolute atomic E-state index is 11.3. The van der Waals surface area contributed by atoms with Crippen molar-refractivity contribution in [3.05, 3.63) is 40.3 Å². The molecule has 1 aromatic rings. The molecule has 5 N–H and O–H groups in total. The smallest absolute Gasteiger partial charge is 0.0524 e. The van der Waals surface area contributed by atoms with Crippen LogP contribution in [0, 0.1) is 4.91 Å². The zero-order valence-corrected chi connectivity index (χ0v) is 23.6. The molecule has 1 aromatic carbocycles. The first kappa shape index (κ1) is 30.9. The Hall–Kier alpha value is -1.66. The van der Waals surface area contributed by atoms with E-state index in [0.29, 0.717) is 13.1 Å². The molecule has 0 saturated carbocycles. The monoisotopic (exact) mass is 531 g/mol. The Balaban J connectivity index is 1.50. The average molecular weight is 532 g/mol. The fourth-order valence-electron chi connectivity index (χ4n) is 5.05. The molecule has 2 fully saturated rings. The topological polar surface area (TPSA) is 99.3 Å².